The first-order valence-electron chi connectivity index (χ1n) is 7.97. The fourth-order valence-corrected chi connectivity index (χ4v) is 2.91. The molecule has 0 aromatic heterocycles. The molecule has 1 N–H and O–H groups in total. The minimum atomic E-state index is -0.342. The van der Waals surface area contributed by atoms with Gasteiger partial charge in [-0.2, -0.15) is 0 Å². The molecule has 0 radical (unpaired) electrons. The summed E-state index contributed by atoms with van der Waals surface area (Å²) < 4.78 is 13.5. The highest BCUT2D eigenvalue weighted by molar-refractivity contribution is 5.94. The minimum absolute atomic E-state index is 0.221. The van der Waals surface area contributed by atoms with Gasteiger partial charge in [-0.1, -0.05) is 30.3 Å². The van der Waals surface area contributed by atoms with Gasteiger partial charge in [-0.3, -0.25) is 9.69 Å². The second-order valence-corrected chi connectivity index (χ2v) is 6.01. The second-order valence-electron chi connectivity index (χ2n) is 6.01. The molecule has 0 saturated heterocycles. The van der Waals surface area contributed by atoms with Crippen LogP contribution in [0.2, 0.25) is 0 Å². The number of fused-ring (bicyclic) bond motifs is 1. The molecular formula is C19H21FN2O. The van der Waals surface area contributed by atoms with Crippen LogP contribution in [0.3, 0.4) is 0 Å². The predicted octanol–water partition coefficient (Wildman–Crippen LogP) is 2.92. The van der Waals surface area contributed by atoms with E-state index < -0.39 is 0 Å². The largest absolute Gasteiger partial charge is 0.351 e. The molecule has 23 heavy (non-hydrogen) atoms. The predicted molar refractivity (Wildman–Crippen MR) is 88.9 cm³/mol. The van der Waals surface area contributed by atoms with E-state index in [0.29, 0.717) is 17.7 Å². The van der Waals surface area contributed by atoms with Crippen molar-refractivity contribution in [2.45, 2.75) is 19.9 Å². The Hall–Kier alpha value is -2.20. The molecule has 0 bridgehead atoms. The summed E-state index contributed by atoms with van der Waals surface area (Å²) in [5.41, 5.74) is 3.71. The summed E-state index contributed by atoms with van der Waals surface area (Å²) in [4.78, 5) is 14.4. The Bertz CT molecular complexity index is 714. The molecule has 1 amide bonds. The lowest BCUT2D eigenvalue weighted by Gasteiger charge is -2.28. The summed E-state index contributed by atoms with van der Waals surface area (Å²) in [5.74, 6) is -0.563. The van der Waals surface area contributed by atoms with E-state index >= 15 is 0 Å². The van der Waals surface area contributed by atoms with E-state index in [9.17, 15) is 9.18 Å². The first kappa shape index (κ1) is 15.7. The molecule has 1 aliphatic rings. The molecule has 1 aliphatic heterocycles. The molecule has 0 saturated carbocycles. The number of aryl methyl sites for hydroxylation is 1. The monoisotopic (exact) mass is 312 g/mol. The standard InChI is InChI=1S/C19H21FN2O/c1-14-6-7-16(12-18(14)20)19(23)21-9-11-22-10-8-15-4-2-3-5-17(15)13-22/h2-7,12H,8-11,13H2,1H3,(H,21,23). The number of hydrogen-bond donors (Lipinski definition) is 1. The lowest BCUT2D eigenvalue weighted by atomic mass is 10.00. The Labute approximate surface area is 136 Å². The van der Waals surface area contributed by atoms with Crippen LogP contribution in [-0.2, 0) is 13.0 Å². The Morgan fingerprint density at radius 3 is 2.78 bits per heavy atom. The van der Waals surface area contributed by atoms with E-state index in [1.54, 1.807) is 19.1 Å². The number of carbonyl (C=O) groups is 1. The number of carbonyl (C=O) groups excluding carboxylic acids is 1. The molecule has 2 aromatic carbocycles. The number of benzene rings is 2. The number of nitrogens with one attached hydrogen (secondary N) is 1. The van der Waals surface area contributed by atoms with Crippen LogP contribution in [0.5, 0.6) is 0 Å². The van der Waals surface area contributed by atoms with Crippen molar-refractivity contribution >= 4 is 5.91 Å². The van der Waals surface area contributed by atoms with Crippen LogP contribution in [0.1, 0.15) is 27.0 Å². The van der Waals surface area contributed by atoms with E-state index in [1.807, 2.05) is 0 Å². The number of nitrogens with zero attached hydrogens (tertiary/aromatic N) is 1. The topological polar surface area (TPSA) is 32.3 Å². The Morgan fingerprint density at radius 1 is 1.22 bits per heavy atom. The molecule has 4 heteroatoms. The van der Waals surface area contributed by atoms with Crippen molar-refractivity contribution in [1.29, 1.82) is 0 Å². The van der Waals surface area contributed by atoms with Crippen molar-refractivity contribution in [3.05, 3.63) is 70.5 Å². The molecule has 0 aliphatic carbocycles. The van der Waals surface area contributed by atoms with Crippen LogP contribution in [-0.4, -0.2) is 30.4 Å². The normalized spacial score (nSPS) is 14.3. The SMILES string of the molecule is Cc1ccc(C(=O)NCCN2CCc3ccccc3C2)cc1F. The maximum absolute atomic E-state index is 13.5. The van der Waals surface area contributed by atoms with Gasteiger partial charge in [0.05, 0.1) is 0 Å². The van der Waals surface area contributed by atoms with Gasteiger partial charge in [0, 0.05) is 31.7 Å². The van der Waals surface area contributed by atoms with Gasteiger partial charge in [0.15, 0.2) is 0 Å². The van der Waals surface area contributed by atoms with Crippen LogP contribution in [0.25, 0.3) is 0 Å². The Morgan fingerprint density at radius 2 is 2.00 bits per heavy atom. The average molecular weight is 312 g/mol. The maximum Gasteiger partial charge on any atom is 0.251 e. The summed E-state index contributed by atoms with van der Waals surface area (Å²) in [6, 6.07) is 13.1. The molecular weight excluding hydrogens is 291 g/mol. The van der Waals surface area contributed by atoms with Crippen molar-refractivity contribution < 1.29 is 9.18 Å². The highest BCUT2D eigenvalue weighted by atomic mass is 19.1. The summed E-state index contributed by atoms with van der Waals surface area (Å²) in [6.07, 6.45) is 1.05. The smallest absolute Gasteiger partial charge is 0.251 e. The molecule has 3 rings (SSSR count). The van der Waals surface area contributed by atoms with Gasteiger partial charge in [0.1, 0.15) is 5.82 Å². The number of amides is 1. The van der Waals surface area contributed by atoms with Crippen LogP contribution >= 0.6 is 0 Å². The molecule has 0 fully saturated rings. The number of hydrogen-bond acceptors (Lipinski definition) is 2. The first-order valence-corrected chi connectivity index (χ1v) is 7.97. The van der Waals surface area contributed by atoms with Crippen molar-refractivity contribution in [2.24, 2.45) is 0 Å². The zero-order valence-electron chi connectivity index (χ0n) is 13.3. The Kier molecular flexibility index (Phi) is 4.72. The van der Waals surface area contributed by atoms with Crippen molar-refractivity contribution in [2.75, 3.05) is 19.6 Å². The quantitative estimate of drug-likeness (QED) is 0.941. The third kappa shape index (κ3) is 3.77. The van der Waals surface area contributed by atoms with E-state index in [4.69, 9.17) is 0 Å². The summed E-state index contributed by atoms with van der Waals surface area (Å²) >= 11 is 0. The summed E-state index contributed by atoms with van der Waals surface area (Å²) in [6.45, 7) is 4.98. The highest BCUT2D eigenvalue weighted by Crippen LogP contribution is 2.17. The zero-order chi connectivity index (χ0) is 16.2. The lowest BCUT2D eigenvalue weighted by molar-refractivity contribution is 0.0947. The summed E-state index contributed by atoms with van der Waals surface area (Å²) in [5, 5.41) is 2.87. The van der Waals surface area contributed by atoms with Crippen molar-refractivity contribution in [1.82, 2.24) is 10.2 Å². The van der Waals surface area contributed by atoms with Crippen LogP contribution < -0.4 is 5.32 Å². The van der Waals surface area contributed by atoms with Gasteiger partial charge in [0.25, 0.3) is 5.91 Å². The van der Waals surface area contributed by atoms with Gasteiger partial charge >= 0.3 is 0 Å². The molecule has 3 nitrogen and oxygen atoms in total. The van der Waals surface area contributed by atoms with Crippen LogP contribution in [0, 0.1) is 12.7 Å². The molecule has 2 aromatic rings. The third-order valence-electron chi connectivity index (χ3n) is 4.36. The van der Waals surface area contributed by atoms with Gasteiger partial charge < -0.3 is 5.32 Å². The lowest BCUT2D eigenvalue weighted by Crippen LogP contribution is -2.37. The number of halogens is 1. The Balaban J connectivity index is 1.50. The van der Waals surface area contributed by atoms with E-state index in [1.165, 1.54) is 17.2 Å². The van der Waals surface area contributed by atoms with Crippen molar-refractivity contribution in [3.63, 3.8) is 0 Å². The first-order chi connectivity index (χ1) is 11.1. The zero-order valence-corrected chi connectivity index (χ0v) is 13.3. The van der Waals surface area contributed by atoms with Crippen LogP contribution in [0.4, 0.5) is 4.39 Å². The maximum atomic E-state index is 13.5. The number of rotatable bonds is 4. The second kappa shape index (κ2) is 6.92. The van der Waals surface area contributed by atoms with E-state index in [0.717, 1.165) is 26.1 Å². The van der Waals surface area contributed by atoms with Gasteiger partial charge in [-0.05, 0) is 42.2 Å². The molecule has 0 atom stereocenters. The average Bonchev–Trinajstić information content (AvgIpc) is 2.57. The fourth-order valence-electron chi connectivity index (χ4n) is 2.91. The van der Waals surface area contributed by atoms with Gasteiger partial charge in [0.2, 0.25) is 0 Å². The van der Waals surface area contributed by atoms with E-state index in [-0.39, 0.29) is 11.7 Å². The summed E-state index contributed by atoms with van der Waals surface area (Å²) in [7, 11) is 0. The van der Waals surface area contributed by atoms with Gasteiger partial charge in [-0.25, -0.2) is 4.39 Å². The molecule has 0 spiro atoms. The fraction of sp³-hybridized carbons (Fsp3) is 0.316. The third-order valence-corrected chi connectivity index (χ3v) is 4.36. The molecule has 0 unspecified atom stereocenters. The highest BCUT2D eigenvalue weighted by Gasteiger charge is 2.15. The van der Waals surface area contributed by atoms with Crippen LogP contribution in [0.15, 0.2) is 42.5 Å². The molecule has 120 valence electrons. The molecule has 1 heterocycles. The van der Waals surface area contributed by atoms with Gasteiger partial charge in [-0.15, -0.1) is 0 Å². The minimum Gasteiger partial charge on any atom is -0.351 e. The van der Waals surface area contributed by atoms with Crippen molar-refractivity contribution in [3.8, 4) is 0 Å². The van der Waals surface area contributed by atoms with E-state index in [2.05, 4.69) is 34.5 Å².